The number of hydrogen-bond donors (Lipinski definition) is 1. The number of thiol groups is 1. The van der Waals surface area contributed by atoms with Gasteiger partial charge in [0.25, 0.3) is 5.97 Å². The van der Waals surface area contributed by atoms with Gasteiger partial charge in [0.1, 0.15) is 0 Å². The molecule has 0 fully saturated rings. The van der Waals surface area contributed by atoms with Crippen molar-refractivity contribution in [2.24, 2.45) is 0 Å². The Balaban J connectivity index is 0. The van der Waals surface area contributed by atoms with E-state index in [0.29, 0.717) is 19.8 Å². The Bertz CT molecular complexity index is 194. The molecule has 0 aromatic heterocycles. The van der Waals surface area contributed by atoms with Crippen LogP contribution in [0, 0.1) is 0 Å². The van der Waals surface area contributed by atoms with Crippen LogP contribution < -0.4 is 0 Å². The van der Waals surface area contributed by atoms with Crippen LogP contribution in [0.2, 0.25) is 0 Å². The lowest BCUT2D eigenvalue weighted by Crippen LogP contribution is -2.39. The van der Waals surface area contributed by atoms with Crippen LogP contribution in [0.5, 0.6) is 0 Å². The number of ether oxygens (including phenoxy) is 3. The van der Waals surface area contributed by atoms with E-state index >= 15 is 0 Å². The summed E-state index contributed by atoms with van der Waals surface area (Å²) in [6.45, 7) is 12.2. The molecule has 0 saturated carbocycles. The summed E-state index contributed by atoms with van der Waals surface area (Å²) in [5.41, 5.74) is 0. The Kier molecular flexibility index (Phi) is 22.5. The zero-order chi connectivity index (χ0) is 17.8. The van der Waals surface area contributed by atoms with Gasteiger partial charge in [0, 0.05) is 26.2 Å². The smallest absolute Gasteiger partial charge is 0.282 e. The quantitative estimate of drug-likeness (QED) is 0.216. The Morgan fingerprint density at radius 2 is 1.00 bits per heavy atom. The highest BCUT2D eigenvalue weighted by Crippen LogP contribution is 2.24. The van der Waals surface area contributed by atoms with Gasteiger partial charge < -0.3 is 14.2 Å². The predicted octanol–water partition coefficient (Wildman–Crippen LogP) is 6.22. The highest BCUT2D eigenvalue weighted by Gasteiger charge is 2.31. The van der Waals surface area contributed by atoms with Gasteiger partial charge in [0.2, 0.25) is 0 Å². The minimum atomic E-state index is -0.804. The molecule has 0 rings (SSSR count). The van der Waals surface area contributed by atoms with Gasteiger partial charge in [0.05, 0.1) is 0 Å². The van der Waals surface area contributed by atoms with Gasteiger partial charge in [-0.25, -0.2) is 0 Å². The van der Waals surface area contributed by atoms with Gasteiger partial charge in [-0.05, 0) is 39.4 Å². The molecule has 0 spiro atoms. The van der Waals surface area contributed by atoms with E-state index in [2.05, 4.69) is 26.5 Å². The lowest BCUT2D eigenvalue weighted by molar-refractivity contribution is -0.380. The molecule has 0 aliphatic rings. The summed E-state index contributed by atoms with van der Waals surface area (Å²) in [6, 6.07) is 0. The van der Waals surface area contributed by atoms with Gasteiger partial charge in [-0.3, -0.25) is 0 Å². The molecule has 0 aliphatic carbocycles. The van der Waals surface area contributed by atoms with E-state index in [9.17, 15) is 0 Å². The number of unbranched alkanes of at least 4 members (excludes halogenated alkanes) is 6. The molecule has 0 atom stereocenters. The second-order valence-electron chi connectivity index (χ2n) is 5.58. The first kappa shape index (κ1) is 25.5. The van der Waals surface area contributed by atoms with Crippen molar-refractivity contribution in [2.75, 3.05) is 25.6 Å². The van der Waals surface area contributed by atoms with Gasteiger partial charge in [0.15, 0.2) is 0 Å². The van der Waals surface area contributed by atoms with E-state index in [0.717, 1.165) is 18.6 Å². The molecule has 0 unspecified atom stereocenters. The fourth-order valence-corrected chi connectivity index (χ4v) is 2.30. The molecule has 0 aromatic rings. The predicted molar refractivity (Wildman–Crippen MR) is 104 cm³/mol. The molecule has 142 valence electrons. The summed E-state index contributed by atoms with van der Waals surface area (Å²) < 4.78 is 17.1. The van der Waals surface area contributed by atoms with Crippen molar-refractivity contribution in [3.63, 3.8) is 0 Å². The van der Waals surface area contributed by atoms with Gasteiger partial charge in [-0.15, -0.1) is 0 Å². The van der Waals surface area contributed by atoms with Crippen molar-refractivity contribution >= 4 is 12.6 Å². The van der Waals surface area contributed by atoms with Crippen LogP contribution in [0.3, 0.4) is 0 Å². The van der Waals surface area contributed by atoms with E-state index in [-0.39, 0.29) is 0 Å². The highest BCUT2D eigenvalue weighted by molar-refractivity contribution is 7.80. The van der Waals surface area contributed by atoms with E-state index in [1.165, 1.54) is 44.9 Å². The van der Waals surface area contributed by atoms with Crippen LogP contribution in [0.4, 0.5) is 0 Å². The van der Waals surface area contributed by atoms with Crippen molar-refractivity contribution in [3.05, 3.63) is 0 Å². The number of rotatable bonds is 15. The van der Waals surface area contributed by atoms with Crippen LogP contribution in [0.15, 0.2) is 0 Å². The molecule has 0 N–H and O–H groups in total. The van der Waals surface area contributed by atoms with Crippen molar-refractivity contribution in [1.29, 1.82) is 0 Å². The normalized spacial score (nSPS) is 11.2. The molecule has 0 amide bonds. The maximum Gasteiger partial charge on any atom is 0.282 e. The fraction of sp³-hybridized carbons (Fsp3) is 1.00. The average Bonchev–Trinajstić information content (AvgIpc) is 2.55. The molecule has 23 heavy (non-hydrogen) atoms. The minimum Gasteiger partial charge on any atom is -0.328 e. The summed E-state index contributed by atoms with van der Waals surface area (Å²) in [5, 5.41) is 0. The zero-order valence-electron chi connectivity index (χ0n) is 16.4. The fourth-order valence-electron chi connectivity index (χ4n) is 2.30. The molecule has 0 radical (unpaired) electrons. The maximum absolute atomic E-state index is 5.71. The Hall–Kier alpha value is 0.230. The van der Waals surface area contributed by atoms with Crippen LogP contribution in [0.1, 0.15) is 92.4 Å². The monoisotopic (exact) mass is 350 g/mol. The molecule has 0 aliphatic heterocycles. The maximum atomic E-state index is 5.71. The zero-order valence-corrected chi connectivity index (χ0v) is 17.3. The van der Waals surface area contributed by atoms with E-state index in [1.807, 2.05) is 20.8 Å². The Labute approximate surface area is 151 Å². The summed E-state index contributed by atoms with van der Waals surface area (Å²) in [5.74, 6) is 0.210. The van der Waals surface area contributed by atoms with Crippen molar-refractivity contribution < 1.29 is 14.2 Å². The molecule has 4 heteroatoms. The standard InChI is InChI=1S/C16H34O3.C3H8S/c1-5-9-10-11-12-13-14-15-16(17-6-2,18-7-3)19-8-4;1-2-3-4/h5-15H2,1-4H3;4H,2-3H2,1H3. The first-order chi connectivity index (χ1) is 11.2. The minimum absolute atomic E-state index is 0.622. The van der Waals surface area contributed by atoms with E-state index < -0.39 is 5.97 Å². The van der Waals surface area contributed by atoms with Crippen LogP contribution in [-0.2, 0) is 14.2 Å². The third-order valence-corrected chi connectivity index (χ3v) is 3.85. The molecular weight excluding hydrogens is 308 g/mol. The SMILES string of the molecule is CCCCCCCCCC(OCC)(OCC)OCC.CCCS. The topological polar surface area (TPSA) is 27.7 Å². The Morgan fingerprint density at radius 3 is 1.35 bits per heavy atom. The highest BCUT2D eigenvalue weighted by atomic mass is 32.1. The van der Waals surface area contributed by atoms with E-state index in [4.69, 9.17) is 14.2 Å². The summed E-state index contributed by atoms with van der Waals surface area (Å²) in [4.78, 5) is 0. The largest absolute Gasteiger partial charge is 0.328 e. The van der Waals surface area contributed by atoms with Crippen molar-refractivity contribution in [2.45, 2.75) is 98.4 Å². The van der Waals surface area contributed by atoms with Crippen molar-refractivity contribution in [1.82, 2.24) is 0 Å². The lowest BCUT2D eigenvalue weighted by Gasteiger charge is -2.32. The first-order valence-electron chi connectivity index (χ1n) is 9.68. The second kappa shape index (κ2) is 20.3. The van der Waals surface area contributed by atoms with Crippen LogP contribution in [-0.4, -0.2) is 31.5 Å². The first-order valence-corrected chi connectivity index (χ1v) is 10.3. The molecule has 0 saturated heterocycles. The molecular formula is C19H42O3S. The van der Waals surface area contributed by atoms with Crippen LogP contribution >= 0.6 is 12.6 Å². The molecule has 0 heterocycles. The van der Waals surface area contributed by atoms with Gasteiger partial charge in [-0.2, -0.15) is 12.6 Å². The average molecular weight is 351 g/mol. The Morgan fingerprint density at radius 1 is 0.609 bits per heavy atom. The number of hydrogen-bond acceptors (Lipinski definition) is 4. The molecule has 0 aromatic carbocycles. The second-order valence-corrected chi connectivity index (χ2v) is 6.02. The van der Waals surface area contributed by atoms with Crippen molar-refractivity contribution in [3.8, 4) is 0 Å². The van der Waals surface area contributed by atoms with E-state index in [1.54, 1.807) is 0 Å². The van der Waals surface area contributed by atoms with Gasteiger partial charge in [-0.1, -0.05) is 52.4 Å². The van der Waals surface area contributed by atoms with Crippen LogP contribution in [0.25, 0.3) is 0 Å². The lowest BCUT2D eigenvalue weighted by atomic mass is 10.1. The molecule has 3 nitrogen and oxygen atoms in total. The third kappa shape index (κ3) is 16.9. The third-order valence-electron chi connectivity index (χ3n) is 3.40. The summed E-state index contributed by atoms with van der Waals surface area (Å²) in [7, 11) is 0. The van der Waals surface area contributed by atoms with Gasteiger partial charge >= 0.3 is 0 Å². The summed E-state index contributed by atoms with van der Waals surface area (Å²) in [6.07, 6.45) is 11.0. The summed E-state index contributed by atoms with van der Waals surface area (Å²) >= 11 is 3.92. The molecule has 0 bridgehead atoms.